The molecule has 1 heterocycles. The summed E-state index contributed by atoms with van der Waals surface area (Å²) >= 11 is 0. The van der Waals surface area contributed by atoms with Crippen molar-refractivity contribution in [3.63, 3.8) is 0 Å². The topological polar surface area (TPSA) is 9.23 Å². The fourth-order valence-electron chi connectivity index (χ4n) is 1.44. The maximum atomic E-state index is 13.5. The molecule has 2 heteroatoms. The van der Waals surface area contributed by atoms with Gasteiger partial charge in [-0.25, -0.2) is 4.39 Å². The van der Waals surface area contributed by atoms with Crippen LogP contribution in [0.3, 0.4) is 0 Å². The zero-order valence-corrected chi connectivity index (χ0v) is 6.53. The second-order valence-electron chi connectivity index (χ2n) is 3.01. The van der Waals surface area contributed by atoms with E-state index < -0.39 is 5.67 Å². The Bertz CT molecular complexity index is 91.9. The number of halogens is 1. The van der Waals surface area contributed by atoms with Crippen LogP contribution < -0.4 is 0 Å². The van der Waals surface area contributed by atoms with Crippen molar-refractivity contribution in [3.05, 3.63) is 0 Å². The molecule has 1 fully saturated rings. The first-order valence-electron chi connectivity index (χ1n) is 4.03. The van der Waals surface area contributed by atoms with Crippen LogP contribution in [0.4, 0.5) is 4.39 Å². The molecule has 1 saturated heterocycles. The second kappa shape index (κ2) is 3.33. The average molecular weight is 146 g/mol. The summed E-state index contributed by atoms with van der Waals surface area (Å²) in [6.07, 6.45) is 2.84. The Morgan fingerprint density at radius 2 is 2.00 bits per heavy atom. The molecule has 0 saturated carbocycles. The van der Waals surface area contributed by atoms with Gasteiger partial charge in [0, 0.05) is 26.1 Å². The van der Waals surface area contributed by atoms with Crippen molar-refractivity contribution in [2.24, 2.45) is 0 Å². The maximum Gasteiger partial charge on any atom is 0.115 e. The van der Waals surface area contributed by atoms with Crippen LogP contribution in [-0.4, -0.2) is 18.9 Å². The fraction of sp³-hybridized carbons (Fsp3) is 1.00. The molecule has 0 aromatic rings. The predicted molar refractivity (Wildman–Crippen MR) is 38.8 cm³/mol. The first kappa shape index (κ1) is 7.99. The van der Waals surface area contributed by atoms with E-state index in [0.29, 0.717) is 32.5 Å². The van der Waals surface area contributed by atoms with Crippen LogP contribution in [0.2, 0.25) is 0 Å². The molecule has 60 valence electrons. The van der Waals surface area contributed by atoms with E-state index in [1.165, 1.54) is 0 Å². The lowest BCUT2D eigenvalue weighted by molar-refractivity contribution is -0.0133. The molecule has 0 spiro atoms. The van der Waals surface area contributed by atoms with Gasteiger partial charge in [0.25, 0.3) is 0 Å². The van der Waals surface area contributed by atoms with Crippen molar-refractivity contribution in [2.75, 3.05) is 13.2 Å². The normalized spacial score (nSPS) is 24.6. The molecule has 0 aliphatic carbocycles. The summed E-state index contributed by atoms with van der Waals surface area (Å²) in [6.45, 7) is 3.24. The van der Waals surface area contributed by atoms with E-state index >= 15 is 0 Å². The summed E-state index contributed by atoms with van der Waals surface area (Å²) in [5, 5.41) is 0. The third-order valence-corrected chi connectivity index (χ3v) is 2.09. The Morgan fingerprint density at radius 3 is 2.50 bits per heavy atom. The van der Waals surface area contributed by atoms with Gasteiger partial charge in [-0.1, -0.05) is 13.3 Å². The highest BCUT2D eigenvalue weighted by Gasteiger charge is 2.30. The summed E-state index contributed by atoms with van der Waals surface area (Å²) in [5.74, 6) is 0. The molecule has 0 aromatic heterocycles. The Labute approximate surface area is 61.6 Å². The van der Waals surface area contributed by atoms with Crippen LogP contribution in [-0.2, 0) is 4.74 Å². The lowest BCUT2D eigenvalue weighted by Gasteiger charge is -2.28. The fourth-order valence-corrected chi connectivity index (χ4v) is 1.44. The Kier molecular flexibility index (Phi) is 2.66. The first-order chi connectivity index (χ1) is 4.77. The van der Waals surface area contributed by atoms with Crippen LogP contribution in [0.5, 0.6) is 0 Å². The van der Waals surface area contributed by atoms with Gasteiger partial charge in [0.15, 0.2) is 0 Å². The van der Waals surface area contributed by atoms with Crippen LogP contribution in [0.15, 0.2) is 0 Å². The lowest BCUT2D eigenvalue weighted by atomic mass is 9.92. The largest absolute Gasteiger partial charge is 0.381 e. The molecule has 0 atom stereocenters. The minimum Gasteiger partial charge on any atom is -0.381 e. The van der Waals surface area contributed by atoms with Crippen molar-refractivity contribution in [1.29, 1.82) is 0 Å². The lowest BCUT2D eigenvalue weighted by Crippen LogP contribution is -2.31. The number of hydrogen-bond acceptors (Lipinski definition) is 1. The van der Waals surface area contributed by atoms with Gasteiger partial charge in [-0.2, -0.15) is 0 Å². The molecule has 0 amide bonds. The average Bonchev–Trinajstić information content (AvgIpc) is 1.89. The summed E-state index contributed by atoms with van der Waals surface area (Å²) in [5.41, 5.74) is -0.896. The predicted octanol–water partition coefficient (Wildman–Crippen LogP) is 2.31. The Balaban J connectivity index is 2.32. The van der Waals surface area contributed by atoms with E-state index in [4.69, 9.17) is 4.74 Å². The molecule has 0 radical (unpaired) electrons. The van der Waals surface area contributed by atoms with Crippen LogP contribution >= 0.6 is 0 Å². The molecule has 0 aromatic carbocycles. The van der Waals surface area contributed by atoms with Crippen molar-refractivity contribution in [1.82, 2.24) is 0 Å². The molecule has 1 rings (SSSR count). The van der Waals surface area contributed by atoms with E-state index in [-0.39, 0.29) is 0 Å². The van der Waals surface area contributed by atoms with Gasteiger partial charge < -0.3 is 4.74 Å². The molecule has 1 aliphatic rings. The molecule has 1 nitrogen and oxygen atoms in total. The minimum absolute atomic E-state index is 0.598. The van der Waals surface area contributed by atoms with Crippen molar-refractivity contribution < 1.29 is 9.13 Å². The Morgan fingerprint density at radius 1 is 1.40 bits per heavy atom. The third kappa shape index (κ3) is 1.94. The van der Waals surface area contributed by atoms with E-state index in [1.807, 2.05) is 6.92 Å². The standard InChI is InChI=1S/C8H15FO/c1-2-3-8(9)4-6-10-7-5-8/h2-7H2,1H3. The number of rotatable bonds is 2. The van der Waals surface area contributed by atoms with Crippen LogP contribution in [0.1, 0.15) is 32.6 Å². The highest BCUT2D eigenvalue weighted by Crippen LogP contribution is 2.29. The third-order valence-electron chi connectivity index (χ3n) is 2.09. The summed E-state index contributed by atoms with van der Waals surface area (Å²) in [6, 6.07) is 0. The SMILES string of the molecule is CCCC1(F)CCOCC1. The van der Waals surface area contributed by atoms with Gasteiger partial charge in [-0.05, 0) is 6.42 Å². The van der Waals surface area contributed by atoms with Crippen molar-refractivity contribution in [3.8, 4) is 0 Å². The van der Waals surface area contributed by atoms with Crippen LogP contribution in [0, 0.1) is 0 Å². The zero-order chi connectivity index (χ0) is 7.45. The summed E-state index contributed by atoms with van der Waals surface area (Å²) in [4.78, 5) is 0. The second-order valence-corrected chi connectivity index (χ2v) is 3.01. The number of hydrogen-bond donors (Lipinski definition) is 0. The summed E-state index contributed by atoms with van der Waals surface area (Å²) < 4.78 is 18.6. The van der Waals surface area contributed by atoms with Gasteiger partial charge >= 0.3 is 0 Å². The highest BCUT2D eigenvalue weighted by atomic mass is 19.1. The van der Waals surface area contributed by atoms with E-state index in [1.54, 1.807) is 0 Å². The van der Waals surface area contributed by atoms with Crippen molar-refractivity contribution >= 4 is 0 Å². The van der Waals surface area contributed by atoms with Gasteiger partial charge in [0.1, 0.15) is 5.67 Å². The monoisotopic (exact) mass is 146 g/mol. The van der Waals surface area contributed by atoms with Crippen LogP contribution in [0.25, 0.3) is 0 Å². The van der Waals surface area contributed by atoms with Gasteiger partial charge in [0.2, 0.25) is 0 Å². The van der Waals surface area contributed by atoms with Gasteiger partial charge in [-0.15, -0.1) is 0 Å². The van der Waals surface area contributed by atoms with Gasteiger partial charge in [0.05, 0.1) is 0 Å². The molecule has 0 bridgehead atoms. The molecule has 10 heavy (non-hydrogen) atoms. The maximum absolute atomic E-state index is 13.5. The molecule has 0 unspecified atom stereocenters. The first-order valence-corrected chi connectivity index (χ1v) is 4.03. The highest BCUT2D eigenvalue weighted by molar-refractivity contribution is 4.80. The number of ether oxygens (including phenoxy) is 1. The molecule has 1 aliphatic heterocycles. The number of alkyl halides is 1. The zero-order valence-electron chi connectivity index (χ0n) is 6.53. The molecule has 0 N–H and O–H groups in total. The minimum atomic E-state index is -0.896. The Hall–Kier alpha value is -0.110. The molecular weight excluding hydrogens is 131 g/mol. The quantitative estimate of drug-likeness (QED) is 0.581. The van der Waals surface area contributed by atoms with Gasteiger partial charge in [-0.3, -0.25) is 0 Å². The van der Waals surface area contributed by atoms with Crippen molar-refractivity contribution in [2.45, 2.75) is 38.3 Å². The molecular formula is C8H15FO. The summed E-state index contributed by atoms with van der Waals surface area (Å²) in [7, 11) is 0. The van der Waals surface area contributed by atoms with E-state index in [2.05, 4.69) is 0 Å². The smallest absolute Gasteiger partial charge is 0.115 e. The van der Waals surface area contributed by atoms with E-state index in [0.717, 1.165) is 6.42 Å². The van der Waals surface area contributed by atoms with E-state index in [9.17, 15) is 4.39 Å².